The van der Waals surface area contributed by atoms with E-state index in [1.54, 1.807) is 27.0 Å². The third-order valence-electron chi connectivity index (χ3n) is 2.79. The minimum absolute atomic E-state index is 0.0235. The van der Waals surface area contributed by atoms with E-state index in [1.165, 1.54) is 0 Å². The second-order valence-corrected chi connectivity index (χ2v) is 4.11. The van der Waals surface area contributed by atoms with E-state index in [0.717, 1.165) is 7.11 Å². The molecular formula is C13H19N5O7. The van der Waals surface area contributed by atoms with Gasteiger partial charge in [-0.1, -0.05) is 4.73 Å². The van der Waals surface area contributed by atoms with Gasteiger partial charge < -0.3 is 19.6 Å². The summed E-state index contributed by atoms with van der Waals surface area (Å²) in [5.74, 6) is 0. The van der Waals surface area contributed by atoms with Gasteiger partial charge >= 0.3 is 16.9 Å². The molecular weight excluding hydrogens is 338 g/mol. The minimum Gasteiger partial charge on any atom is -0.408 e. The highest BCUT2D eigenvalue weighted by molar-refractivity contribution is 5.71. The number of nitriles is 1. The van der Waals surface area contributed by atoms with Crippen LogP contribution in [0, 0.1) is 11.5 Å². The summed E-state index contributed by atoms with van der Waals surface area (Å²) in [4.78, 5) is 52.3. The molecule has 0 aromatic carbocycles. The number of hydrogen-bond donors (Lipinski definition) is 1. The number of imidazole rings is 1. The maximum absolute atomic E-state index is 12.4. The smallest absolute Gasteiger partial charge is 0.399 e. The molecule has 0 saturated heterocycles. The number of aliphatic hydroxyl groups is 1. The molecule has 0 aliphatic carbocycles. The van der Waals surface area contributed by atoms with Crippen molar-refractivity contribution >= 4 is 11.2 Å². The van der Waals surface area contributed by atoms with Gasteiger partial charge in [-0.2, -0.15) is 9.83 Å². The van der Waals surface area contributed by atoms with Crippen LogP contribution in [0.4, 0.5) is 0 Å². The van der Waals surface area contributed by atoms with E-state index in [2.05, 4.69) is 0 Å². The minimum atomic E-state index is -0.958. The molecule has 0 atom stereocenters. The lowest BCUT2D eigenvalue weighted by atomic mass is 10.5. The average Bonchev–Trinajstić information content (AvgIpc) is 2.90. The van der Waals surface area contributed by atoms with Crippen molar-refractivity contribution in [3.63, 3.8) is 0 Å². The number of fused-ring (bicyclic) bond motifs is 1. The van der Waals surface area contributed by atoms with Crippen molar-refractivity contribution in [2.75, 3.05) is 26.9 Å². The van der Waals surface area contributed by atoms with Crippen LogP contribution in [0.3, 0.4) is 0 Å². The first-order chi connectivity index (χ1) is 12.0. The number of rotatable bonds is 6. The van der Waals surface area contributed by atoms with Crippen LogP contribution in [0.2, 0.25) is 0 Å². The summed E-state index contributed by atoms with van der Waals surface area (Å²) in [5.41, 5.74) is -3.49. The second-order valence-electron chi connectivity index (χ2n) is 4.11. The molecule has 0 radical (unpaired) electrons. The van der Waals surface area contributed by atoms with Crippen LogP contribution < -0.4 is 31.5 Å². The Kier molecular flexibility index (Phi) is 6.82. The molecule has 0 aliphatic rings. The molecule has 0 aliphatic heterocycles. The lowest BCUT2D eigenvalue weighted by molar-refractivity contribution is 0.0521. The molecule has 2 rings (SSSR count). The van der Waals surface area contributed by atoms with Crippen molar-refractivity contribution in [1.82, 2.24) is 18.8 Å². The summed E-state index contributed by atoms with van der Waals surface area (Å²) in [5, 5.41) is 16.2. The highest BCUT2D eigenvalue weighted by Gasteiger charge is 2.26. The van der Waals surface area contributed by atoms with E-state index in [1.807, 2.05) is 0 Å². The SMILES string of the molecule is CCOn1c(=O)c2c(n(OCC)c1=O)n(OCC)c(=O)n2C#N.CO. The van der Waals surface area contributed by atoms with Gasteiger partial charge in [0.25, 0.3) is 0 Å². The van der Waals surface area contributed by atoms with Gasteiger partial charge in [-0.15, -0.1) is 9.46 Å². The molecule has 2 heterocycles. The normalized spacial score (nSPS) is 9.92. The maximum atomic E-state index is 12.4. The van der Waals surface area contributed by atoms with Crippen molar-refractivity contribution in [1.29, 1.82) is 5.26 Å². The molecule has 0 fully saturated rings. The molecule has 1 N–H and O–H groups in total. The molecule has 0 saturated carbocycles. The highest BCUT2D eigenvalue weighted by atomic mass is 16.7. The predicted molar refractivity (Wildman–Crippen MR) is 85.2 cm³/mol. The van der Waals surface area contributed by atoms with Crippen molar-refractivity contribution < 1.29 is 19.6 Å². The molecule has 0 amide bonds. The largest absolute Gasteiger partial charge is 0.408 e. The third-order valence-corrected chi connectivity index (χ3v) is 2.79. The zero-order chi connectivity index (χ0) is 19.1. The van der Waals surface area contributed by atoms with Crippen LogP contribution >= 0.6 is 0 Å². The summed E-state index contributed by atoms with van der Waals surface area (Å²) in [6.07, 6.45) is 1.58. The number of aliphatic hydroxyl groups excluding tert-OH is 1. The van der Waals surface area contributed by atoms with Gasteiger partial charge in [0.05, 0.1) is 0 Å². The molecule has 12 heteroatoms. The van der Waals surface area contributed by atoms with Crippen molar-refractivity contribution in [3.8, 4) is 6.19 Å². The monoisotopic (exact) mass is 357 g/mol. The standard InChI is InChI=1S/C12H15N5O6.CH4O/c1-4-21-15-9-8(14(7-13)11(15)19)10(18)17(23-6-3)12(20)16(9)22-5-2;1-2/h4-6H2,1-3H3;2H,1H3. The summed E-state index contributed by atoms with van der Waals surface area (Å²) in [7, 11) is 1.00. The Labute approximate surface area is 141 Å². The van der Waals surface area contributed by atoms with E-state index in [0.29, 0.717) is 18.8 Å². The topological polar surface area (TPSA) is 143 Å². The molecule has 2 aromatic heterocycles. The van der Waals surface area contributed by atoms with Crippen LogP contribution in [-0.2, 0) is 0 Å². The summed E-state index contributed by atoms with van der Waals surface area (Å²) in [6.45, 7) is 4.95. The van der Waals surface area contributed by atoms with Gasteiger partial charge in [-0.25, -0.2) is 9.59 Å². The summed E-state index contributed by atoms with van der Waals surface area (Å²) < 4.78 is 2.31. The number of hydrogen-bond acceptors (Lipinski definition) is 8. The van der Waals surface area contributed by atoms with E-state index < -0.39 is 16.9 Å². The van der Waals surface area contributed by atoms with E-state index in [-0.39, 0.29) is 31.0 Å². The predicted octanol–water partition coefficient (Wildman–Crippen LogP) is -2.59. The first-order valence-electron chi connectivity index (χ1n) is 7.33. The molecule has 0 spiro atoms. The second kappa shape index (κ2) is 8.60. The third kappa shape index (κ3) is 3.22. The van der Waals surface area contributed by atoms with Crippen LogP contribution in [-0.4, -0.2) is 50.8 Å². The fourth-order valence-corrected chi connectivity index (χ4v) is 2.03. The van der Waals surface area contributed by atoms with Gasteiger partial charge in [-0.3, -0.25) is 4.79 Å². The zero-order valence-corrected chi connectivity index (χ0v) is 14.3. The van der Waals surface area contributed by atoms with Crippen LogP contribution in [0.5, 0.6) is 0 Å². The van der Waals surface area contributed by atoms with Crippen molar-refractivity contribution in [2.24, 2.45) is 0 Å². The first-order valence-corrected chi connectivity index (χ1v) is 7.33. The van der Waals surface area contributed by atoms with Gasteiger partial charge in [0.2, 0.25) is 5.65 Å². The Hall–Kier alpha value is -3.20. The lowest BCUT2D eigenvalue weighted by Crippen LogP contribution is -2.46. The quantitative estimate of drug-likeness (QED) is 0.593. The Bertz CT molecular complexity index is 943. The Balaban J connectivity index is 0.00000151. The van der Waals surface area contributed by atoms with Crippen LogP contribution in [0.15, 0.2) is 14.4 Å². The average molecular weight is 357 g/mol. The fourth-order valence-electron chi connectivity index (χ4n) is 2.03. The molecule has 25 heavy (non-hydrogen) atoms. The van der Waals surface area contributed by atoms with Crippen LogP contribution in [0.1, 0.15) is 20.8 Å². The number of aromatic nitrogens is 4. The molecule has 12 nitrogen and oxygen atoms in total. The fraction of sp³-hybridized carbons (Fsp3) is 0.538. The molecule has 0 unspecified atom stereocenters. The van der Waals surface area contributed by atoms with E-state index in [4.69, 9.17) is 24.9 Å². The van der Waals surface area contributed by atoms with E-state index in [9.17, 15) is 14.4 Å². The number of nitrogens with zero attached hydrogens (tertiary/aromatic N) is 5. The Morgan fingerprint density at radius 1 is 0.880 bits per heavy atom. The van der Waals surface area contributed by atoms with Gasteiger partial charge in [0.15, 0.2) is 11.7 Å². The maximum Gasteiger partial charge on any atom is 0.399 e. The summed E-state index contributed by atoms with van der Waals surface area (Å²) in [6, 6.07) is 0. The van der Waals surface area contributed by atoms with Crippen LogP contribution in [0.25, 0.3) is 11.2 Å². The van der Waals surface area contributed by atoms with E-state index >= 15 is 0 Å². The van der Waals surface area contributed by atoms with Crippen molar-refractivity contribution in [2.45, 2.75) is 20.8 Å². The van der Waals surface area contributed by atoms with Gasteiger partial charge in [0, 0.05) is 7.11 Å². The summed E-state index contributed by atoms with van der Waals surface area (Å²) >= 11 is 0. The van der Waals surface area contributed by atoms with Crippen molar-refractivity contribution in [3.05, 3.63) is 31.3 Å². The Morgan fingerprint density at radius 2 is 1.32 bits per heavy atom. The molecule has 2 aromatic rings. The highest BCUT2D eigenvalue weighted by Crippen LogP contribution is 2.04. The first kappa shape index (κ1) is 19.8. The van der Waals surface area contributed by atoms with Gasteiger partial charge in [0.1, 0.15) is 19.8 Å². The lowest BCUT2D eigenvalue weighted by Gasteiger charge is -2.12. The molecule has 0 bridgehead atoms. The molecule has 138 valence electrons. The Morgan fingerprint density at radius 3 is 1.76 bits per heavy atom. The zero-order valence-electron chi connectivity index (χ0n) is 14.3. The van der Waals surface area contributed by atoms with Gasteiger partial charge in [-0.05, 0) is 20.8 Å².